The van der Waals surface area contributed by atoms with Crippen molar-refractivity contribution < 1.29 is 13.9 Å². The first kappa shape index (κ1) is 16.3. The maximum absolute atomic E-state index is 14.1. The molecule has 0 radical (unpaired) electrons. The topological polar surface area (TPSA) is 64.1 Å². The van der Waals surface area contributed by atoms with E-state index in [0.29, 0.717) is 10.2 Å². The highest BCUT2D eigenvalue weighted by molar-refractivity contribution is 14.1. The van der Waals surface area contributed by atoms with Crippen molar-refractivity contribution in [2.75, 3.05) is 12.4 Å². The number of ether oxygens (including phenoxy) is 1. The van der Waals surface area contributed by atoms with Crippen molar-refractivity contribution in [3.8, 4) is 0 Å². The maximum Gasteiger partial charge on any atom is 0.343 e. The molecule has 0 aliphatic heterocycles. The smallest absolute Gasteiger partial charge is 0.343 e. The molecule has 0 amide bonds. The zero-order valence-corrected chi connectivity index (χ0v) is 15.3. The van der Waals surface area contributed by atoms with Gasteiger partial charge in [0.2, 0.25) is 0 Å². The van der Waals surface area contributed by atoms with Crippen molar-refractivity contribution in [3.05, 3.63) is 43.8 Å². The number of fused-ring (bicyclic) bond motifs is 1. The van der Waals surface area contributed by atoms with Crippen LogP contribution in [0.4, 0.5) is 15.9 Å². The number of aromatic nitrogens is 2. The first-order valence-electron chi connectivity index (χ1n) is 6.24. The van der Waals surface area contributed by atoms with E-state index in [1.54, 1.807) is 17.6 Å². The lowest BCUT2D eigenvalue weighted by atomic mass is 10.2. The van der Waals surface area contributed by atoms with E-state index in [-0.39, 0.29) is 22.2 Å². The maximum atomic E-state index is 14.1. The Morgan fingerprint density at radius 1 is 1.48 bits per heavy atom. The van der Waals surface area contributed by atoms with Crippen LogP contribution in [0.1, 0.15) is 10.4 Å². The van der Waals surface area contributed by atoms with Gasteiger partial charge in [0.1, 0.15) is 22.7 Å². The van der Waals surface area contributed by atoms with Gasteiger partial charge in [0.05, 0.1) is 23.0 Å². The molecule has 5 nitrogen and oxygen atoms in total. The van der Waals surface area contributed by atoms with E-state index in [2.05, 4.69) is 15.3 Å². The molecule has 0 fully saturated rings. The number of carbonyl (C=O) groups is 1. The molecule has 1 aromatic carbocycles. The van der Waals surface area contributed by atoms with Crippen LogP contribution in [0.15, 0.2) is 23.7 Å². The Bertz CT molecular complexity index is 918. The monoisotopic (exact) mass is 463 g/mol. The number of rotatable bonds is 3. The summed E-state index contributed by atoms with van der Waals surface area (Å²) < 4.78 is 20.1. The van der Waals surface area contributed by atoms with Gasteiger partial charge in [-0.25, -0.2) is 19.2 Å². The number of pyridine rings is 1. The van der Waals surface area contributed by atoms with E-state index in [1.807, 2.05) is 22.6 Å². The molecule has 0 aliphatic rings. The van der Waals surface area contributed by atoms with Crippen LogP contribution in [0.25, 0.3) is 10.2 Å². The summed E-state index contributed by atoms with van der Waals surface area (Å²) in [5.41, 5.74) is 2.32. The summed E-state index contributed by atoms with van der Waals surface area (Å²) in [6.07, 6.45) is 0. The SMILES string of the molecule is COC(=O)c1c(Nc2ccc(I)cc2F)nc(Cl)c2ncsc12. The average molecular weight is 464 g/mol. The molecule has 0 saturated carbocycles. The molecule has 23 heavy (non-hydrogen) atoms. The average Bonchev–Trinajstić information content (AvgIpc) is 2.99. The molecule has 0 bridgehead atoms. The third-order valence-electron chi connectivity index (χ3n) is 3.01. The number of benzene rings is 1. The summed E-state index contributed by atoms with van der Waals surface area (Å²) in [5, 5.41) is 2.94. The second-order valence-electron chi connectivity index (χ2n) is 4.40. The van der Waals surface area contributed by atoms with Crippen LogP contribution >= 0.6 is 45.5 Å². The second-order valence-corrected chi connectivity index (χ2v) is 6.86. The van der Waals surface area contributed by atoms with Crippen molar-refractivity contribution in [1.29, 1.82) is 0 Å². The van der Waals surface area contributed by atoms with Crippen LogP contribution in [0.5, 0.6) is 0 Å². The predicted octanol–water partition coefficient (Wildman–Crippen LogP) is 4.62. The number of anilines is 2. The minimum Gasteiger partial charge on any atom is -0.465 e. The molecule has 1 N–H and O–H groups in total. The highest BCUT2D eigenvalue weighted by Crippen LogP contribution is 2.34. The first-order chi connectivity index (χ1) is 11.0. The Morgan fingerprint density at radius 2 is 2.26 bits per heavy atom. The quantitative estimate of drug-likeness (QED) is 0.349. The van der Waals surface area contributed by atoms with Gasteiger partial charge in [-0.1, -0.05) is 11.6 Å². The Kier molecular flexibility index (Phi) is 4.64. The Morgan fingerprint density at radius 3 is 2.96 bits per heavy atom. The molecular formula is C14H8ClFIN3O2S. The molecule has 0 unspecified atom stereocenters. The van der Waals surface area contributed by atoms with E-state index in [4.69, 9.17) is 16.3 Å². The largest absolute Gasteiger partial charge is 0.465 e. The van der Waals surface area contributed by atoms with E-state index < -0.39 is 11.8 Å². The van der Waals surface area contributed by atoms with Crippen molar-refractivity contribution in [2.24, 2.45) is 0 Å². The molecule has 0 spiro atoms. The van der Waals surface area contributed by atoms with Crippen molar-refractivity contribution >= 4 is 73.2 Å². The van der Waals surface area contributed by atoms with Crippen LogP contribution in [0.3, 0.4) is 0 Å². The summed E-state index contributed by atoms with van der Waals surface area (Å²) in [5.74, 6) is -0.939. The van der Waals surface area contributed by atoms with Crippen LogP contribution in [-0.4, -0.2) is 23.0 Å². The Balaban J connectivity index is 2.17. The lowest BCUT2D eigenvalue weighted by Crippen LogP contribution is -2.09. The van der Waals surface area contributed by atoms with Gasteiger partial charge >= 0.3 is 5.97 Å². The lowest BCUT2D eigenvalue weighted by Gasteiger charge is -2.12. The number of thiazole rings is 1. The zero-order valence-electron chi connectivity index (χ0n) is 11.6. The molecule has 0 aliphatic carbocycles. The normalized spacial score (nSPS) is 10.8. The van der Waals surface area contributed by atoms with Crippen molar-refractivity contribution in [3.63, 3.8) is 0 Å². The standard InChI is InChI=1S/C14H8ClFIN3O2S/c1-22-14(21)9-11-10(18-5-23-11)12(15)20-13(9)19-8-3-2-6(17)4-7(8)16/h2-5H,1H3,(H,19,20). The molecule has 3 rings (SSSR count). The highest BCUT2D eigenvalue weighted by atomic mass is 127. The molecular weight excluding hydrogens is 456 g/mol. The molecule has 0 saturated heterocycles. The minimum atomic E-state index is -0.600. The lowest BCUT2D eigenvalue weighted by molar-refractivity contribution is 0.0604. The predicted molar refractivity (Wildman–Crippen MR) is 96.2 cm³/mol. The molecule has 2 aromatic heterocycles. The number of esters is 1. The van der Waals surface area contributed by atoms with E-state index in [1.165, 1.54) is 24.5 Å². The number of nitrogens with zero attached hydrogens (tertiary/aromatic N) is 2. The summed E-state index contributed by atoms with van der Waals surface area (Å²) >= 11 is 9.34. The van der Waals surface area contributed by atoms with Crippen molar-refractivity contribution in [1.82, 2.24) is 9.97 Å². The third kappa shape index (κ3) is 3.10. The van der Waals surface area contributed by atoms with E-state index in [0.717, 1.165) is 3.57 Å². The van der Waals surface area contributed by atoms with Gasteiger partial charge in [0.15, 0.2) is 5.15 Å². The van der Waals surface area contributed by atoms with Gasteiger partial charge in [-0.2, -0.15) is 0 Å². The number of methoxy groups -OCH3 is 1. The molecule has 0 atom stereocenters. The third-order valence-corrected chi connectivity index (χ3v) is 4.79. The molecule has 2 heterocycles. The van der Waals surface area contributed by atoms with Crippen LogP contribution in [0.2, 0.25) is 5.15 Å². The first-order valence-corrected chi connectivity index (χ1v) is 8.58. The molecule has 9 heteroatoms. The van der Waals surface area contributed by atoms with Gasteiger partial charge in [-0.05, 0) is 40.8 Å². The summed E-state index contributed by atoms with van der Waals surface area (Å²) in [4.78, 5) is 20.3. The number of hydrogen-bond donors (Lipinski definition) is 1. The minimum absolute atomic E-state index is 0.124. The zero-order chi connectivity index (χ0) is 16.6. The highest BCUT2D eigenvalue weighted by Gasteiger charge is 2.22. The van der Waals surface area contributed by atoms with Crippen molar-refractivity contribution in [2.45, 2.75) is 0 Å². The number of carbonyl (C=O) groups excluding carboxylic acids is 1. The van der Waals surface area contributed by atoms with Gasteiger partial charge in [0.25, 0.3) is 0 Å². The second kappa shape index (κ2) is 6.54. The molecule has 118 valence electrons. The number of nitrogens with one attached hydrogen (secondary N) is 1. The van der Waals surface area contributed by atoms with E-state index >= 15 is 0 Å². The fourth-order valence-corrected chi connectivity index (χ4v) is 3.54. The molecule has 3 aromatic rings. The van der Waals surface area contributed by atoms with Crippen LogP contribution in [-0.2, 0) is 4.74 Å². The van der Waals surface area contributed by atoms with Crippen LogP contribution in [0, 0.1) is 9.39 Å². The van der Waals surface area contributed by atoms with Gasteiger partial charge in [0, 0.05) is 3.57 Å². The Labute approximate surface area is 153 Å². The summed E-state index contributed by atoms with van der Waals surface area (Å²) in [6, 6.07) is 4.66. The fourth-order valence-electron chi connectivity index (χ4n) is 1.99. The van der Waals surface area contributed by atoms with Gasteiger partial charge < -0.3 is 10.1 Å². The fraction of sp³-hybridized carbons (Fsp3) is 0.0714. The van der Waals surface area contributed by atoms with Crippen LogP contribution < -0.4 is 5.32 Å². The Hall–Kier alpha value is -1.52. The summed E-state index contributed by atoms with van der Waals surface area (Å²) in [7, 11) is 1.26. The van der Waals surface area contributed by atoms with Gasteiger partial charge in [-0.15, -0.1) is 11.3 Å². The number of halogens is 3. The van der Waals surface area contributed by atoms with E-state index in [9.17, 15) is 9.18 Å². The number of hydrogen-bond acceptors (Lipinski definition) is 6. The van der Waals surface area contributed by atoms with Gasteiger partial charge in [-0.3, -0.25) is 0 Å². The summed E-state index contributed by atoms with van der Waals surface area (Å²) in [6.45, 7) is 0.